The normalized spacial score (nSPS) is 16.2. The zero-order valence-electron chi connectivity index (χ0n) is 22.5. The van der Waals surface area contributed by atoms with Crippen LogP contribution in [0.2, 0.25) is 0 Å². The van der Waals surface area contributed by atoms with Crippen LogP contribution < -0.4 is 5.32 Å². The molecule has 8 heteroatoms. The molecule has 8 nitrogen and oxygen atoms in total. The lowest BCUT2D eigenvalue weighted by molar-refractivity contribution is -0.139. The Bertz CT molecular complexity index is 1380. The molecule has 1 unspecified atom stereocenters. The van der Waals surface area contributed by atoms with Gasteiger partial charge < -0.3 is 14.8 Å². The molecule has 3 aromatic rings. The third-order valence-electron chi connectivity index (χ3n) is 7.45. The third-order valence-corrected chi connectivity index (χ3v) is 7.45. The molecule has 1 atom stereocenters. The van der Waals surface area contributed by atoms with Gasteiger partial charge >= 0.3 is 5.97 Å². The van der Waals surface area contributed by atoms with E-state index in [9.17, 15) is 14.4 Å². The number of hydrogen-bond donors (Lipinski definition) is 1. The first-order valence-electron chi connectivity index (χ1n) is 13.6. The highest BCUT2D eigenvalue weighted by Gasteiger charge is 2.32. The van der Waals surface area contributed by atoms with E-state index >= 15 is 0 Å². The largest absolute Gasteiger partial charge is 0.469 e. The Morgan fingerprint density at radius 1 is 1.00 bits per heavy atom. The molecular formula is C32H33N3O5. The monoisotopic (exact) mass is 539 g/mol. The molecule has 40 heavy (non-hydrogen) atoms. The number of hydrazone groups is 1. The van der Waals surface area contributed by atoms with Crippen molar-refractivity contribution < 1.29 is 23.9 Å². The Morgan fingerprint density at radius 3 is 2.48 bits per heavy atom. The van der Waals surface area contributed by atoms with E-state index in [2.05, 4.69) is 10.4 Å². The molecule has 1 N–H and O–H groups in total. The SMILES string of the molecule is COC(=O)Cc1cccc(NC(=O)C(c2ccc(CN3N=C(c4ccccc4)OCC3=O)cc2)C2CCCC2)c1. The third kappa shape index (κ3) is 6.57. The second-order valence-electron chi connectivity index (χ2n) is 10.2. The van der Waals surface area contributed by atoms with Crippen molar-refractivity contribution in [3.05, 3.63) is 101 Å². The van der Waals surface area contributed by atoms with Gasteiger partial charge in [0.1, 0.15) is 0 Å². The number of carbonyl (C=O) groups is 3. The molecule has 1 saturated carbocycles. The molecule has 0 aromatic heterocycles. The number of amides is 2. The number of ether oxygens (including phenoxy) is 2. The van der Waals surface area contributed by atoms with E-state index in [1.807, 2.05) is 78.9 Å². The number of rotatable bonds is 9. The molecule has 2 amide bonds. The summed E-state index contributed by atoms with van der Waals surface area (Å²) in [4.78, 5) is 37.8. The van der Waals surface area contributed by atoms with Gasteiger partial charge in [-0.05, 0) is 59.7 Å². The fourth-order valence-electron chi connectivity index (χ4n) is 5.39. The van der Waals surface area contributed by atoms with Gasteiger partial charge in [0.05, 0.1) is 26.0 Å². The summed E-state index contributed by atoms with van der Waals surface area (Å²) in [7, 11) is 1.36. The summed E-state index contributed by atoms with van der Waals surface area (Å²) in [5, 5.41) is 8.95. The number of hydrogen-bond acceptors (Lipinski definition) is 6. The smallest absolute Gasteiger partial charge is 0.309 e. The standard InChI is InChI=1S/C32H33N3O5/c1-39-29(37)19-23-8-7-13-27(18-23)33-31(38)30(24-9-5-6-10-24)25-16-14-22(15-17-25)20-35-28(36)21-40-32(34-35)26-11-3-2-4-12-26/h2-4,7-8,11-18,24,30H,5-6,9-10,19-21H2,1H3,(H,33,38). The summed E-state index contributed by atoms with van der Waals surface area (Å²) >= 11 is 0. The zero-order valence-corrected chi connectivity index (χ0v) is 22.5. The summed E-state index contributed by atoms with van der Waals surface area (Å²) < 4.78 is 10.3. The summed E-state index contributed by atoms with van der Waals surface area (Å²) in [5.41, 5.74) is 4.11. The van der Waals surface area contributed by atoms with Crippen LogP contribution in [0.15, 0.2) is 84.0 Å². The number of carbonyl (C=O) groups excluding carboxylic acids is 3. The molecule has 1 fully saturated rings. The lowest BCUT2D eigenvalue weighted by Crippen LogP contribution is -2.36. The van der Waals surface area contributed by atoms with Crippen molar-refractivity contribution in [1.29, 1.82) is 0 Å². The maximum Gasteiger partial charge on any atom is 0.309 e. The molecule has 1 aliphatic heterocycles. The van der Waals surface area contributed by atoms with Crippen LogP contribution in [-0.4, -0.2) is 42.4 Å². The van der Waals surface area contributed by atoms with E-state index in [1.165, 1.54) is 12.1 Å². The number of nitrogens with zero attached hydrogens (tertiary/aromatic N) is 2. The molecule has 2 aliphatic rings. The maximum absolute atomic E-state index is 13.6. The Hall–Kier alpha value is -4.46. The summed E-state index contributed by atoms with van der Waals surface area (Å²) in [6.45, 7) is 0.253. The first-order valence-corrected chi connectivity index (χ1v) is 13.6. The summed E-state index contributed by atoms with van der Waals surface area (Å²) in [6, 6.07) is 24.7. The molecule has 206 valence electrons. The van der Waals surface area contributed by atoms with E-state index in [-0.39, 0.29) is 42.6 Å². The fraction of sp³-hybridized carbons (Fsp3) is 0.312. The zero-order chi connectivity index (χ0) is 27.9. The van der Waals surface area contributed by atoms with Gasteiger partial charge in [0, 0.05) is 11.3 Å². The Labute approximate surface area is 234 Å². The van der Waals surface area contributed by atoms with Crippen LogP contribution in [0.5, 0.6) is 0 Å². The first-order chi connectivity index (χ1) is 19.5. The molecule has 0 radical (unpaired) electrons. The predicted octanol–water partition coefficient (Wildman–Crippen LogP) is 5.04. The van der Waals surface area contributed by atoms with Crippen molar-refractivity contribution in [2.24, 2.45) is 11.0 Å². The Morgan fingerprint density at radius 2 is 1.75 bits per heavy atom. The Kier molecular flexibility index (Phi) is 8.54. The lowest BCUT2D eigenvalue weighted by Gasteiger charge is -2.25. The molecule has 0 saturated heterocycles. The summed E-state index contributed by atoms with van der Waals surface area (Å²) in [6.07, 6.45) is 4.38. The highest BCUT2D eigenvalue weighted by atomic mass is 16.5. The molecule has 5 rings (SSSR count). The number of benzene rings is 3. The highest BCUT2D eigenvalue weighted by Crippen LogP contribution is 2.38. The van der Waals surface area contributed by atoms with Crippen LogP contribution in [-0.2, 0) is 36.8 Å². The predicted molar refractivity (Wildman–Crippen MR) is 151 cm³/mol. The van der Waals surface area contributed by atoms with Crippen molar-refractivity contribution in [3.8, 4) is 0 Å². The second-order valence-corrected chi connectivity index (χ2v) is 10.2. The van der Waals surface area contributed by atoms with Crippen LogP contribution in [0.1, 0.15) is 53.9 Å². The first kappa shape index (κ1) is 27.1. The molecule has 0 spiro atoms. The van der Waals surface area contributed by atoms with Gasteiger partial charge in [-0.2, -0.15) is 0 Å². The van der Waals surface area contributed by atoms with Gasteiger partial charge in [-0.3, -0.25) is 14.4 Å². The number of methoxy groups -OCH3 is 1. The van der Waals surface area contributed by atoms with Crippen molar-refractivity contribution in [2.45, 2.75) is 44.6 Å². The lowest BCUT2D eigenvalue weighted by atomic mass is 9.83. The van der Waals surface area contributed by atoms with Gasteiger partial charge in [-0.15, -0.1) is 5.10 Å². The number of anilines is 1. The molecule has 1 heterocycles. The van der Waals surface area contributed by atoms with Crippen LogP contribution in [0.25, 0.3) is 0 Å². The van der Waals surface area contributed by atoms with Crippen LogP contribution in [0.3, 0.4) is 0 Å². The highest BCUT2D eigenvalue weighted by molar-refractivity contribution is 5.98. The quantitative estimate of drug-likeness (QED) is 0.385. The van der Waals surface area contributed by atoms with Crippen molar-refractivity contribution in [2.75, 3.05) is 19.0 Å². The minimum absolute atomic E-state index is 0.0590. The maximum atomic E-state index is 13.6. The van der Waals surface area contributed by atoms with Gasteiger partial charge in [-0.1, -0.05) is 67.4 Å². The topological polar surface area (TPSA) is 97.3 Å². The van der Waals surface area contributed by atoms with E-state index in [1.54, 1.807) is 0 Å². The van der Waals surface area contributed by atoms with Crippen molar-refractivity contribution in [1.82, 2.24) is 5.01 Å². The number of esters is 1. The van der Waals surface area contributed by atoms with E-state index < -0.39 is 0 Å². The fourth-order valence-corrected chi connectivity index (χ4v) is 5.39. The van der Waals surface area contributed by atoms with E-state index in [0.717, 1.165) is 47.9 Å². The second kappa shape index (κ2) is 12.6. The summed E-state index contributed by atoms with van der Waals surface area (Å²) in [5.74, 6) is -0.216. The molecule has 3 aromatic carbocycles. The van der Waals surface area contributed by atoms with Gasteiger partial charge in [0.15, 0.2) is 6.61 Å². The molecule has 0 bridgehead atoms. The van der Waals surface area contributed by atoms with Crippen LogP contribution in [0, 0.1) is 5.92 Å². The Balaban J connectivity index is 1.31. The molecule has 1 aliphatic carbocycles. The van der Waals surface area contributed by atoms with Gasteiger partial charge in [-0.25, -0.2) is 5.01 Å². The van der Waals surface area contributed by atoms with Gasteiger partial charge in [0.25, 0.3) is 5.91 Å². The van der Waals surface area contributed by atoms with Crippen molar-refractivity contribution >= 4 is 29.4 Å². The van der Waals surface area contributed by atoms with E-state index in [0.29, 0.717) is 18.1 Å². The average molecular weight is 540 g/mol. The van der Waals surface area contributed by atoms with Crippen LogP contribution in [0.4, 0.5) is 5.69 Å². The minimum atomic E-state index is -0.326. The average Bonchev–Trinajstić information content (AvgIpc) is 3.50. The van der Waals surface area contributed by atoms with Crippen molar-refractivity contribution in [3.63, 3.8) is 0 Å². The van der Waals surface area contributed by atoms with E-state index in [4.69, 9.17) is 9.47 Å². The molecular weight excluding hydrogens is 506 g/mol. The van der Waals surface area contributed by atoms with Gasteiger partial charge in [0.2, 0.25) is 11.8 Å². The van der Waals surface area contributed by atoms with Crippen LogP contribution >= 0.6 is 0 Å². The number of nitrogens with one attached hydrogen (secondary N) is 1. The minimum Gasteiger partial charge on any atom is -0.469 e.